The van der Waals surface area contributed by atoms with E-state index in [4.69, 9.17) is 0 Å². The lowest BCUT2D eigenvalue weighted by Crippen LogP contribution is -2.57. The number of hydrogen-bond donors (Lipinski definition) is 3. The highest BCUT2D eigenvalue weighted by Gasteiger charge is 2.41. The molecule has 4 amide bonds. The highest BCUT2D eigenvalue weighted by atomic mass is 32.2. The van der Waals surface area contributed by atoms with Crippen molar-refractivity contribution < 1.29 is 27.9 Å². The van der Waals surface area contributed by atoms with Crippen molar-refractivity contribution in [1.82, 2.24) is 29.4 Å². The molecule has 3 heterocycles. The number of rotatable bonds is 16. The molecule has 0 radical (unpaired) electrons. The summed E-state index contributed by atoms with van der Waals surface area (Å²) in [4.78, 5) is 51.2. The van der Waals surface area contributed by atoms with Crippen molar-refractivity contribution in [3.8, 4) is 0 Å². The van der Waals surface area contributed by atoms with Gasteiger partial charge in [0.1, 0.15) is 6.04 Å². The van der Waals surface area contributed by atoms with E-state index in [1.165, 1.54) is 22.6 Å². The van der Waals surface area contributed by atoms with E-state index in [-0.39, 0.29) is 58.3 Å². The van der Waals surface area contributed by atoms with Gasteiger partial charge in [0.05, 0.1) is 35.1 Å². The number of aliphatic hydroxyl groups excluding tert-OH is 1. The zero-order chi connectivity index (χ0) is 36.0. The van der Waals surface area contributed by atoms with Gasteiger partial charge in [0.25, 0.3) is 10.0 Å². The minimum atomic E-state index is -4.15. The summed E-state index contributed by atoms with van der Waals surface area (Å²) in [5, 5.41) is 20.3. The molecule has 0 aliphatic carbocycles. The minimum absolute atomic E-state index is 0.0301. The molecule has 16 heteroatoms. The maximum absolute atomic E-state index is 14.1. The van der Waals surface area contributed by atoms with Crippen molar-refractivity contribution >= 4 is 55.7 Å². The molecule has 0 saturated carbocycles. The highest BCUT2D eigenvalue weighted by molar-refractivity contribution is 7.91. The van der Waals surface area contributed by atoms with Crippen LogP contribution >= 0.6 is 22.7 Å². The molecule has 1 aliphatic heterocycles. The van der Waals surface area contributed by atoms with Gasteiger partial charge < -0.3 is 25.5 Å². The van der Waals surface area contributed by atoms with Gasteiger partial charge in [-0.2, -0.15) is 4.31 Å². The number of thiazole rings is 2. The Hall–Kier alpha value is -3.44. The van der Waals surface area contributed by atoms with Gasteiger partial charge in [0.15, 0.2) is 9.34 Å². The second kappa shape index (κ2) is 16.5. The average Bonchev–Trinajstić information content (AvgIpc) is 3.70. The van der Waals surface area contributed by atoms with E-state index < -0.39 is 34.1 Å². The molecule has 1 saturated heterocycles. The first-order valence-corrected chi connectivity index (χ1v) is 19.4. The fourth-order valence-corrected chi connectivity index (χ4v) is 9.68. The first-order chi connectivity index (χ1) is 23.1. The topological polar surface area (TPSA) is 165 Å². The number of sulfonamides is 1. The predicted octanol–water partition coefficient (Wildman–Crippen LogP) is 3.87. The zero-order valence-corrected chi connectivity index (χ0v) is 31.5. The molecule has 1 aromatic carbocycles. The molecule has 0 unspecified atom stereocenters. The maximum Gasteiger partial charge on any atom is 0.321 e. The number of anilines is 1. The normalized spacial score (nSPS) is 15.7. The molecule has 2 aromatic heterocycles. The van der Waals surface area contributed by atoms with Gasteiger partial charge in [-0.25, -0.2) is 23.2 Å². The molecule has 3 N–H and O–H groups in total. The van der Waals surface area contributed by atoms with Crippen LogP contribution in [0.2, 0.25) is 0 Å². The third-order valence-corrected chi connectivity index (χ3v) is 12.4. The molecular weight excluding hydrogens is 687 g/mol. The predicted molar refractivity (Wildman–Crippen MR) is 191 cm³/mol. The molecule has 3 atom stereocenters. The second-order valence-corrected chi connectivity index (χ2v) is 17.3. The van der Waals surface area contributed by atoms with Crippen LogP contribution in [0.15, 0.2) is 39.9 Å². The quantitative estimate of drug-likeness (QED) is 0.200. The first kappa shape index (κ1) is 38.4. The summed E-state index contributed by atoms with van der Waals surface area (Å²) in [7, 11) is -4.15. The van der Waals surface area contributed by atoms with Crippen LogP contribution in [0.3, 0.4) is 0 Å². The third kappa shape index (κ3) is 9.84. The van der Waals surface area contributed by atoms with Crippen LogP contribution in [0, 0.1) is 25.7 Å². The Balaban J connectivity index is 1.58. The molecule has 1 fully saturated rings. The largest absolute Gasteiger partial charge is 0.390 e. The molecule has 13 nitrogen and oxygen atoms in total. The van der Waals surface area contributed by atoms with E-state index in [0.717, 1.165) is 27.6 Å². The van der Waals surface area contributed by atoms with Crippen molar-refractivity contribution in [3.05, 3.63) is 57.7 Å². The number of urea groups is 1. The van der Waals surface area contributed by atoms with E-state index in [2.05, 4.69) is 20.6 Å². The molecule has 4 rings (SSSR count). The number of aryl methyl sites for hydroxylation is 2. The van der Waals surface area contributed by atoms with Gasteiger partial charge in [0.2, 0.25) is 11.8 Å². The van der Waals surface area contributed by atoms with Crippen LogP contribution in [0.5, 0.6) is 0 Å². The van der Waals surface area contributed by atoms with Crippen LogP contribution in [-0.2, 0) is 32.6 Å². The van der Waals surface area contributed by atoms with Crippen molar-refractivity contribution in [2.75, 3.05) is 31.5 Å². The first-order valence-electron chi connectivity index (χ1n) is 16.3. The van der Waals surface area contributed by atoms with Crippen LogP contribution in [0.25, 0.3) is 0 Å². The smallest absolute Gasteiger partial charge is 0.321 e. The van der Waals surface area contributed by atoms with Crippen molar-refractivity contribution in [3.63, 3.8) is 0 Å². The second-order valence-electron chi connectivity index (χ2n) is 13.1. The fourth-order valence-electron chi connectivity index (χ4n) is 5.86. The van der Waals surface area contributed by atoms with E-state index >= 15 is 0 Å². The summed E-state index contributed by atoms with van der Waals surface area (Å²) in [6.45, 7) is 13.2. The number of aromatic nitrogens is 2. The number of amides is 4. The highest BCUT2D eigenvalue weighted by Crippen LogP contribution is 2.31. The molecule has 3 aromatic rings. The number of benzene rings is 1. The fraction of sp³-hybridized carbons (Fsp3) is 0.545. The molecular formula is C33H47N7O6S3. The Bertz CT molecular complexity index is 1710. The average molecular weight is 734 g/mol. The van der Waals surface area contributed by atoms with Crippen LogP contribution in [0.1, 0.15) is 56.6 Å². The van der Waals surface area contributed by atoms with Gasteiger partial charge in [-0.15, -0.1) is 11.3 Å². The number of carbonyl (C=O) groups is 3. The van der Waals surface area contributed by atoms with E-state index in [1.807, 2.05) is 70.3 Å². The molecule has 0 spiro atoms. The summed E-state index contributed by atoms with van der Waals surface area (Å²) in [6.07, 6.45) is -1.09. The van der Waals surface area contributed by atoms with Crippen molar-refractivity contribution in [2.45, 2.75) is 83.8 Å². The summed E-state index contributed by atoms with van der Waals surface area (Å²) >= 11 is 2.37. The SMILES string of the molecule is CC(=O)Nc1nc(C)c(S(=O)(=O)N(CC(C)C)C[C@@H](O)[C@H](Cc2ccccc2)NC(=O)[C@H](C(C)C)N2CCN(Cc3csc(C)n3)C2=O)s1. The Morgan fingerprint density at radius 1 is 1.06 bits per heavy atom. The lowest BCUT2D eigenvalue weighted by Gasteiger charge is -2.34. The molecule has 1 aliphatic rings. The van der Waals surface area contributed by atoms with Gasteiger partial charge >= 0.3 is 6.03 Å². The van der Waals surface area contributed by atoms with Crippen LogP contribution in [0.4, 0.5) is 9.93 Å². The van der Waals surface area contributed by atoms with Crippen molar-refractivity contribution in [2.24, 2.45) is 11.8 Å². The van der Waals surface area contributed by atoms with Gasteiger partial charge in [-0.1, -0.05) is 69.4 Å². The maximum atomic E-state index is 14.1. The van der Waals surface area contributed by atoms with Crippen LogP contribution < -0.4 is 10.6 Å². The molecule has 49 heavy (non-hydrogen) atoms. The summed E-state index contributed by atoms with van der Waals surface area (Å²) in [6, 6.07) is 7.37. The number of nitrogens with one attached hydrogen (secondary N) is 2. The van der Waals surface area contributed by atoms with Gasteiger partial charge in [0, 0.05) is 38.5 Å². The summed E-state index contributed by atoms with van der Waals surface area (Å²) in [5.41, 5.74) is 1.88. The molecule has 0 bridgehead atoms. The number of nitrogens with zero attached hydrogens (tertiary/aromatic N) is 5. The Morgan fingerprint density at radius 3 is 2.35 bits per heavy atom. The van der Waals surface area contributed by atoms with Crippen molar-refractivity contribution in [1.29, 1.82) is 0 Å². The summed E-state index contributed by atoms with van der Waals surface area (Å²) in [5.74, 6) is -1.13. The lowest BCUT2D eigenvalue weighted by atomic mass is 9.97. The Kier molecular flexibility index (Phi) is 12.9. The Labute approximate surface area is 296 Å². The number of aliphatic hydroxyl groups is 1. The molecule has 268 valence electrons. The van der Waals surface area contributed by atoms with E-state index in [0.29, 0.717) is 19.6 Å². The minimum Gasteiger partial charge on any atom is -0.390 e. The standard InChI is InChI=1S/C33H47N7O6S3/c1-20(2)16-39(49(45,46)31-22(5)34-32(48-31)35-23(6)41)18-28(42)27(15-25-11-9-8-10-12-25)37-30(43)29(21(3)4)40-14-13-38(33(40)44)17-26-19-47-24(7)36-26/h8-12,19-21,27-29,42H,13-18H2,1-7H3,(H,37,43)(H,34,35,41)/t27-,28+,29-/m0/s1. The Morgan fingerprint density at radius 2 is 1.76 bits per heavy atom. The lowest BCUT2D eigenvalue weighted by molar-refractivity contribution is -0.128. The van der Waals surface area contributed by atoms with E-state index in [9.17, 15) is 27.9 Å². The summed E-state index contributed by atoms with van der Waals surface area (Å²) < 4.78 is 29.2. The number of carbonyl (C=O) groups excluding carboxylic acids is 3. The third-order valence-electron chi connectivity index (χ3n) is 8.04. The van der Waals surface area contributed by atoms with Gasteiger partial charge in [-0.05, 0) is 37.7 Å². The van der Waals surface area contributed by atoms with E-state index in [1.54, 1.807) is 16.7 Å². The zero-order valence-electron chi connectivity index (χ0n) is 29.0. The van der Waals surface area contributed by atoms with Gasteiger partial charge in [-0.3, -0.25) is 9.59 Å². The number of hydrogen-bond acceptors (Lipinski definition) is 10. The van der Waals surface area contributed by atoms with Crippen LogP contribution in [-0.4, -0.2) is 99.8 Å². The monoisotopic (exact) mass is 733 g/mol.